The first kappa shape index (κ1) is 12.5. The van der Waals surface area contributed by atoms with Crippen molar-refractivity contribution in [2.75, 3.05) is 13.1 Å². The smallest absolute Gasteiger partial charge is 0.222 e. The Bertz CT molecular complexity index is 204. The number of piperidine rings is 1. The average Bonchev–Trinajstić information content (AvgIpc) is 2.16. The van der Waals surface area contributed by atoms with Crippen LogP contribution in [0.2, 0.25) is 0 Å². The van der Waals surface area contributed by atoms with Crippen molar-refractivity contribution < 1.29 is 4.79 Å². The summed E-state index contributed by atoms with van der Waals surface area (Å²) in [6.07, 6.45) is 5.04. The fourth-order valence-electron chi connectivity index (χ4n) is 2.35. The van der Waals surface area contributed by atoms with E-state index in [1.165, 1.54) is 6.42 Å². The first-order valence-corrected chi connectivity index (χ1v) is 6.14. The molecule has 0 aromatic heterocycles. The maximum Gasteiger partial charge on any atom is 0.222 e. The lowest BCUT2D eigenvalue weighted by atomic mass is 9.93. The van der Waals surface area contributed by atoms with Gasteiger partial charge in [-0.15, -0.1) is 0 Å². The van der Waals surface area contributed by atoms with Gasteiger partial charge < -0.3 is 10.6 Å². The molecule has 0 spiro atoms. The van der Waals surface area contributed by atoms with Gasteiger partial charge in [-0.2, -0.15) is 0 Å². The number of carbonyl (C=O) groups is 1. The summed E-state index contributed by atoms with van der Waals surface area (Å²) in [7, 11) is 0. The molecule has 0 saturated carbocycles. The molecule has 1 unspecified atom stereocenters. The zero-order chi connectivity index (χ0) is 11.3. The predicted molar refractivity (Wildman–Crippen MR) is 62.5 cm³/mol. The van der Waals surface area contributed by atoms with E-state index in [9.17, 15) is 4.79 Å². The van der Waals surface area contributed by atoms with Gasteiger partial charge in [-0.3, -0.25) is 4.79 Å². The van der Waals surface area contributed by atoms with E-state index in [1.807, 2.05) is 0 Å². The lowest BCUT2D eigenvalue weighted by molar-refractivity contribution is -0.136. The Morgan fingerprint density at radius 3 is 2.87 bits per heavy atom. The molecule has 1 heterocycles. The quantitative estimate of drug-likeness (QED) is 0.755. The Morgan fingerprint density at radius 1 is 1.53 bits per heavy atom. The fraction of sp³-hybridized carbons (Fsp3) is 0.917. The molecule has 3 heteroatoms. The molecule has 88 valence electrons. The lowest BCUT2D eigenvalue weighted by Gasteiger charge is -2.36. The van der Waals surface area contributed by atoms with Gasteiger partial charge in [0.05, 0.1) is 0 Å². The van der Waals surface area contributed by atoms with Gasteiger partial charge in [0.2, 0.25) is 5.91 Å². The minimum Gasteiger partial charge on any atom is -0.340 e. The van der Waals surface area contributed by atoms with Crippen LogP contribution in [-0.2, 0) is 4.79 Å². The molecule has 3 nitrogen and oxygen atoms in total. The summed E-state index contributed by atoms with van der Waals surface area (Å²) in [6, 6.07) is 0.470. The van der Waals surface area contributed by atoms with Crippen LogP contribution in [0.4, 0.5) is 0 Å². The first-order valence-electron chi connectivity index (χ1n) is 6.14. The first-order chi connectivity index (χ1) is 7.15. The van der Waals surface area contributed by atoms with Crippen molar-refractivity contribution in [3.8, 4) is 0 Å². The number of hydrogen-bond acceptors (Lipinski definition) is 2. The second-order valence-corrected chi connectivity index (χ2v) is 4.90. The second-order valence-electron chi connectivity index (χ2n) is 4.90. The van der Waals surface area contributed by atoms with E-state index in [0.717, 1.165) is 32.2 Å². The summed E-state index contributed by atoms with van der Waals surface area (Å²) in [6.45, 7) is 5.98. The van der Waals surface area contributed by atoms with Crippen LogP contribution in [0.1, 0.15) is 46.0 Å². The Kier molecular flexibility index (Phi) is 5.09. The van der Waals surface area contributed by atoms with E-state index < -0.39 is 0 Å². The maximum atomic E-state index is 11.8. The summed E-state index contributed by atoms with van der Waals surface area (Å²) in [5.41, 5.74) is 5.50. The van der Waals surface area contributed by atoms with E-state index in [1.54, 1.807) is 0 Å². The Morgan fingerprint density at radius 2 is 2.27 bits per heavy atom. The van der Waals surface area contributed by atoms with Crippen LogP contribution in [0, 0.1) is 5.92 Å². The zero-order valence-electron chi connectivity index (χ0n) is 10.0. The molecule has 1 aliphatic heterocycles. The lowest BCUT2D eigenvalue weighted by Crippen LogP contribution is -2.45. The summed E-state index contributed by atoms with van der Waals surface area (Å²) in [5, 5.41) is 0. The number of amides is 1. The van der Waals surface area contributed by atoms with Gasteiger partial charge in [-0.25, -0.2) is 0 Å². The molecule has 15 heavy (non-hydrogen) atoms. The van der Waals surface area contributed by atoms with Gasteiger partial charge >= 0.3 is 0 Å². The van der Waals surface area contributed by atoms with E-state index in [2.05, 4.69) is 18.7 Å². The molecule has 0 radical (unpaired) electrons. The molecular formula is C12H24N2O. The van der Waals surface area contributed by atoms with Gasteiger partial charge in [-0.05, 0) is 38.1 Å². The molecule has 0 aromatic rings. The minimum absolute atomic E-state index is 0.334. The highest BCUT2D eigenvalue weighted by Gasteiger charge is 2.27. The number of rotatable bonds is 5. The molecule has 1 rings (SSSR count). The predicted octanol–water partition coefficient (Wildman–Crippen LogP) is 1.76. The van der Waals surface area contributed by atoms with E-state index >= 15 is 0 Å². The van der Waals surface area contributed by atoms with Gasteiger partial charge in [0.15, 0.2) is 0 Å². The van der Waals surface area contributed by atoms with Crippen molar-refractivity contribution in [3.63, 3.8) is 0 Å². The van der Waals surface area contributed by atoms with Crippen LogP contribution in [0.15, 0.2) is 0 Å². The van der Waals surface area contributed by atoms with Crippen LogP contribution in [-0.4, -0.2) is 29.9 Å². The Labute approximate surface area is 93.0 Å². The summed E-state index contributed by atoms with van der Waals surface area (Å²) in [4.78, 5) is 13.8. The van der Waals surface area contributed by atoms with Gasteiger partial charge in [0.25, 0.3) is 0 Å². The second kappa shape index (κ2) is 6.11. The van der Waals surface area contributed by atoms with Crippen LogP contribution in [0.3, 0.4) is 0 Å². The fourth-order valence-corrected chi connectivity index (χ4v) is 2.35. The van der Waals surface area contributed by atoms with Crippen molar-refractivity contribution in [1.29, 1.82) is 0 Å². The summed E-state index contributed by atoms with van der Waals surface area (Å²) < 4.78 is 0. The van der Waals surface area contributed by atoms with Crippen molar-refractivity contribution in [2.24, 2.45) is 11.7 Å². The van der Waals surface area contributed by atoms with Gasteiger partial charge in [0, 0.05) is 19.0 Å². The van der Waals surface area contributed by atoms with Crippen molar-refractivity contribution in [2.45, 2.75) is 52.0 Å². The SMILES string of the molecule is CC(C)CC1CCCC(=O)N1CCCN. The van der Waals surface area contributed by atoms with Gasteiger partial charge in [-0.1, -0.05) is 13.8 Å². The van der Waals surface area contributed by atoms with E-state index in [0.29, 0.717) is 24.4 Å². The summed E-state index contributed by atoms with van der Waals surface area (Å²) in [5.74, 6) is 1.00. The standard InChI is InChI=1S/C12H24N2O/c1-10(2)9-11-5-3-6-12(15)14(11)8-4-7-13/h10-11H,3-9,13H2,1-2H3. The minimum atomic E-state index is 0.334. The third-order valence-corrected chi connectivity index (χ3v) is 3.04. The Balaban J connectivity index is 2.51. The third kappa shape index (κ3) is 3.82. The molecule has 0 bridgehead atoms. The number of nitrogens with zero attached hydrogens (tertiary/aromatic N) is 1. The number of hydrogen-bond donors (Lipinski definition) is 1. The highest BCUT2D eigenvalue weighted by atomic mass is 16.2. The molecule has 1 atom stereocenters. The van der Waals surface area contributed by atoms with Crippen molar-refractivity contribution in [3.05, 3.63) is 0 Å². The van der Waals surface area contributed by atoms with Crippen LogP contribution in [0.5, 0.6) is 0 Å². The van der Waals surface area contributed by atoms with Gasteiger partial charge in [0.1, 0.15) is 0 Å². The van der Waals surface area contributed by atoms with Crippen LogP contribution in [0.25, 0.3) is 0 Å². The molecule has 1 saturated heterocycles. The molecule has 2 N–H and O–H groups in total. The third-order valence-electron chi connectivity index (χ3n) is 3.04. The highest BCUT2D eigenvalue weighted by molar-refractivity contribution is 5.77. The molecule has 1 fully saturated rings. The Hall–Kier alpha value is -0.570. The largest absolute Gasteiger partial charge is 0.340 e. The summed E-state index contributed by atoms with van der Waals surface area (Å²) >= 11 is 0. The van der Waals surface area contributed by atoms with Crippen LogP contribution < -0.4 is 5.73 Å². The van der Waals surface area contributed by atoms with E-state index in [-0.39, 0.29) is 0 Å². The number of nitrogens with two attached hydrogens (primary N) is 1. The average molecular weight is 212 g/mol. The molecular weight excluding hydrogens is 188 g/mol. The highest BCUT2D eigenvalue weighted by Crippen LogP contribution is 2.23. The van der Waals surface area contributed by atoms with Crippen molar-refractivity contribution in [1.82, 2.24) is 4.90 Å². The monoisotopic (exact) mass is 212 g/mol. The molecule has 0 aliphatic carbocycles. The van der Waals surface area contributed by atoms with E-state index in [4.69, 9.17) is 5.73 Å². The topological polar surface area (TPSA) is 46.3 Å². The van der Waals surface area contributed by atoms with Crippen molar-refractivity contribution >= 4 is 5.91 Å². The molecule has 0 aromatic carbocycles. The number of likely N-dealkylation sites (tertiary alicyclic amines) is 1. The maximum absolute atomic E-state index is 11.8. The molecule has 1 aliphatic rings. The normalized spacial score (nSPS) is 22.5. The van der Waals surface area contributed by atoms with Crippen LogP contribution >= 0.6 is 0 Å². The molecule has 1 amide bonds. The number of carbonyl (C=O) groups excluding carboxylic acids is 1. The zero-order valence-corrected chi connectivity index (χ0v) is 10.0.